The fraction of sp³-hybridized carbons (Fsp3) is 0.500. The average Bonchev–Trinajstić information content (AvgIpc) is 2.75. The summed E-state index contributed by atoms with van der Waals surface area (Å²) in [6.07, 6.45) is 3.37. The zero-order valence-corrected chi connectivity index (χ0v) is 18.0. The van der Waals surface area contributed by atoms with E-state index in [0.717, 1.165) is 35.9 Å². The quantitative estimate of drug-likeness (QED) is 0.692. The molecule has 1 aliphatic rings. The van der Waals surface area contributed by atoms with E-state index in [9.17, 15) is 9.18 Å². The van der Waals surface area contributed by atoms with Gasteiger partial charge in [-0.3, -0.25) is 9.69 Å². The highest BCUT2D eigenvalue weighted by Crippen LogP contribution is 2.22. The van der Waals surface area contributed by atoms with Gasteiger partial charge in [-0.1, -0.05) is 18.6 Å². The molecule has 1 aliphatic heterocycles. The molecule has 1 unspecified atom stereocenters. The minimum atomic E-state index is -0.259. The second-order valence-electron chi connectivity index (χ2n) is 7.90. The Bertz CT molecular complexity index is 838. The lowest BCUT2D eigenvalue weighted by Gasteiger charge is -2.24. The van der Waals surface area contributed by atoms with Gasteiger partial charge in [0.15, 0.2) is 0 Å². The first-order valence-corrected chi connectivity index (χ1v) is 10.4. The number of amides is 1. The van der Waals surface area contributed by atoms with Crippen LogP contribution in [0.5, 0.6) is 0 Å². The summed E-state index contributed by atoms with van der Waals surface area (Å²) >= 11 is 0. The lowest BCUT2D eigenvalue weighted by Crippen LogP contribution is -2.36. The van der Waals surface area contributed by atoms with Crippen molar-refractivity contribution in [3.05, 3.63) is 53.2 Å². The van der Waals surface area contributed by atoms with E-state index in [2.05, 4.69) is 15.6 Å². The lowest BCUT2D eigenvalue weighted by atomic mass is 10.0. The van der Waals surface area contributed by atoms with Crippen molar-refractivity contribution in [2.24, 2.45) is 0 Å². The Balaban J connectivity index is 1.60. The molecule has 30 heavy (non-hydrogen) atoms. The monoisotopic (exact) mass is 414 g/mol. The van der Waals surface area contributed by atoms with Crippen LogP contribution in [0.25, 0.3) is 0 Å². The number of hydrogen-bond donors (Lipinski definition) is 2. The summed E-state index contributed by atoms with van der Waals surface area (Å²) in [6, 6.07) is 8.39. The molecule has 162 valence electrons. The molecule has 1 saturated heterocycles. The number of piperidine rings is 1. The van der Waals surface area contributed by atoms with E-state index in [0.29, 0.717) is 13.1 Å². The number of carbonyl (C=O) groups excluding carboxylic acids is 1. The second-order valence-corrected chi connectivity index (χ2v) is 7.90. The van der Waals surface area contributed by atoms with E-state index in [1.165, 1.54) is 25.0 Å². The van der Waals surface area contributed by atoms with Gasteiger partial charge in [0.2, 0.25) is 5.91 Å². The van der Waals surface area contributed by atoms with Crippen molar-refractivity contribution in [2.45, 2.75) is 38.4 Å². The van der Waals surface area contributed by atoms with Crippen LogP contribution in [-0.4, -0.2) is 59.9 Å². The zero-order valence-electron chi connectivity index (χ0n) is 18.0. The molecule has 1 atom stereocenters. The molecular formula is C22H31FN6O. The largest absolute Gasteiger partial charge is 0.373 e. The van der Waals surface area contributed by atoms with Gasteiger partial charge in [-0.2, -0.15) is 0 Å². The van der Waals surface area contributed by atoms with Crippen LogP contribution in [0.15, 0.2) is 30.3 Å². The fourth-order valence-corrected chi connectivity index (χ4v) is 3.60. The average molecular weight is 415 g/mol. The third-order valence-corrected chi connectivity index (χ3v) is 5.27. The molecule has 0 saturated carbocycles. The van der Waals surface area contributed by atoms with Crippen molar-refractivity contribution >= 4 is 11.7 Å². The Hall–Kier alpha value is -2.58. The molecule has 1 aromatic carbocycles. The van der Waals surface area contributed by atoms with Crippen molar-refractivity contribution in [2.75, 3.05) is 39.5 Å². The smallest absolute Gasteiger partial charge is 0.236 e. The number of halogens is 1. The molecule has 2 N–H and O–H groups in total. The predicted octanol–water partition coefficient (Wildman–Crippen LogP) is 2.56. The van der Waals surface area contributed by atoms with Gasteiger partial charge in [-0.25, -0.2) is 14.4 Å². The Morgan fingerprint density at radius 1 is 1.20 bits per heavy atom. The van der Waals surface area contributed by atoms with E-state index in [1.807, 2.05) is 25.1 Å². The van der Waals surface area contributed by atoms with Crippen LogP contribution < -0.4 is 10.6 Å². The maximum atomic E-state index is 13.1. The number of anilines is 1. The summed E-state index contributed by atoms with van der Waals surface area (Å²) in [4.78, 5) is 25.6. The van der Waals surface area contributed by atoms with Gasteiger partial charge < -0.3 is 15.5 Å². The fourth-order valence-electron chi connectivity index (χ4n) is 3.60. The number of likely N-dealkylation sites (N-methyl/N-ethyl adjacent to an activating group) is 2. The Labute approximate surface area is 177 Å². The minimum Gasteiger partial charge on any atom is -0.373 e. The van der Waals surface area contributed by atoms with E-state index >= 15 is 0 Å². The predicted molar refractivity (Wildman–Crippen MR) is 115 cm³/mol. The molecule has 3 rings (SSSR count). The van der Waals surface area contributed by atoms with Gasteiger partial charge in [0.25, 0.3) is 0 Å². The molecule has 1 amide bonds. The van der Waals surface area contributed by atoms with Gasteiger partial charge in [0.1, 0.15) is 17.5 Å². The molecule has 2 aromatic rings. The summed E-state index contributed by atoms with van der Waals surface area (Å²) in [5, 5.41) is 6.57. The normalized spacial score (nSPS) is 16.5. The first-order valence-electron chi connectivity index (χ1n) is 10.4. The van der Waals surface area contributed by atoms with Crippen molar-refractivity contribution in [1.29, 1.82) is 0 Å². The van der Waals surface area contributed by atoms with Crippen LogP contribution in [0, 0.1) is 5.82 Å². The summed E-state index contributed by atoms with van der Waals surface area (Å²) in [5.41, 5.74) is 1.78. The molecule has 8 heteroatoms. The molecule has 7 nitrogen and oxygen atoms in total. The highest BCUT2D eigenvalue weighted by atomic mass is 19.1. The van der Waals surface area contributed by atoms with Gasteiger partial charge >= 0.3 is 0 Å². The maximum absolute atomic E-state index is 13.1. The number of nitrogens with zero attached hydrogens (tertiary/aromatic N) is 4. The Morgan fingerprint density at radius 2 is 1.97 bits per heavy atom. The van der Waals surface area contributed by atoms with E-state index < -0.39 is 0 Å². The van der Waals surface area contributed by atoms with Crippen molar-refractivity contribution in [3.8, 4) is 0 Å². The summed E-state index contributed by atoms with van der Waals surface area (Å²) in [7, 11) is 5.50. The molecule has 0 bridgehead atoms. The molecule has 1 aromatic heterocycles. The molecule has 2 heterocycles. The van der Waals surface area contributed by atoms with Gasteiger partial charge in [0.05, 0.1) is 24.8 Å². The number of benzene rings is 1. The van der Waals surface area contributed by atoms with Crippen molar-refractivity contribution in [3.63, 3.8) is 0 Å². The number of nitrogens with one attached hydrogen (secondary N) is 2. The molecule has 0 aliphatic carbocycles. The molecular weight excluding hydrogens is 383 g/mol. The summed E-state index contributed by atoms with van der Waals surface area (Å²) in [6.45, 7) is 2.25. The molecule has 0 spiro atoms. The van der Waals surface area contributed by atoms with Crippen LogP contribution in [-0.2, 0) is 17.9 Å². The number of carbonyl (C=O) groups is 1. The maximum Gasteiger partial charge on any atom is 0.236 e. The number of rotatable bonds is 8. The van der Waals surface area contributed by atoms with Gasteiger partial charge in [-0.05, 0) is 44.1 Å². The van der Waals surface area contributed by atoms with Crippen LogP contribution in [0.2, 0.25) is 0 Å². The van der Waals surface area contributed by atoms with Crippen molar-refractivity contribution in [1.82, 2.24) is 25.1 Å². The van der Waals surface area contributed by atoms with Crippen LogP contribution in [0.4, 0.5) is 10.2 Å². The zero-order chi connectivity index (χ0) is 21.5. The topological polar surface area (TPSA) is 73.4 Å². The molecule has 1 fully saturated rings. The van der Waals surface area contributed by atoms with Gasteiger partial charge in [-0.15, -0.1) is 0 Å². The first kappa shape index (κ1) is 22.1. The third kappa shape index (κ3) is 6.21. The Morgan fingerprint density at radius 3 is 2.63 bits per heavy atom. The SMILES string of the molecule is CNc1cc(CN(C)C(=O)CN(C)Cc2ccc(F)cc2)nc(C2CCCCN2)n1. The standard InChI is InChI=1S/C22H31FN6O/c1-24-20-12-18(26-22(27-20)19-6-4-5-11-25-19)14-29(3)21(30)15-28(2)13-16-7-9-17(23)10-8-16/h7-10,12,19,25H,4-6,11,13-15H2,1-3H3,(H,24,26,27). The summed E-state index contributed by atoms with van der Waals surface area (Å²) in [5.74, 6) is 1.29. The lowest BCUT2D eigenvalue weighted by molar-refractivity contribution is -0.131. The third-order valence-electron chi connectivity index (χ3n) is 5.27. The second kappa shape index (κ2) is 10.4. The number of aromatic nitrogens is 2. The van der Waals surface area contributed by atoms with E-state index in [4.69, 9.17) is 4.98 Å². The number of hydrogen-bond acceptors (Lipinski definition) is 6. The van der Waals surface area contributed by atoms with Crippen LogP contribution >= 0.6 is 0 Å². The first-order chi connectivity index (χ1) is 14.4. The Kier molecular flexibility index (Phi) is 7.70. The summed E-state index contributed by atoms with van der Waals surface area (Å²) < 4.78 is 13.1. The van der Waals surface area contributed by atoms with E-state index in [1.54, 1.807) is 24.1 Å². The van der Waals surface area contributed by atoms with Crippen LogP contribution in [0.3, 0.4) is 0 Å². The van der Waals surface area contributed by atoms with Crippen molar-refractivity contribution < 1.29 is 9.18 Å². The van der Waals surface area contributed by atoms with Crippen LogP contribution in [0.1, 0.15) is 42.4 Å². The molecule has 0 radical (unpaired) electrons. The van der Waals surface area contributed by atoms with E-state index in [-0.39, 0.29) is 24.3 Å². The van der Waals surface area contributed by atoms with Gasteiger partial charge in [0, 0.05) is 26.7 Å². The minimum absolute atomic E-state index is 0.00146. The highest BCUT2D eigenvalue weighted by molar-refractivity contribution is 5.77. The highest BCUT2D eigenvalue weighted by Gasteiger charge is 2.20.